The molecule has 0 aliphatic heterocycles. The molecule has 0 saturated heterocycles. The van der Waals surface area contributed by atoms with E-state index in [2.05, 4.69) is 5.32 Å². The number of carboxylic acid groups (broad SMARTS) is 1. The van der Waals surface area contributed by atoms with E-state index in [1.165, 1.54) is 0 Å². The van der Waals surface area contributed by atoms with Gasteiger partial charge in [0.25, 0.3) is 5.91 Å². The van der Waals surface area contributed by atoms with Crippen LogP contribution in [-0.4, -0.2) is 35.0 Å². The van der Waals surface area contributed by atoms with Crippen molar-refractivity contribution in [3.63, 3.8) is 0 Å². The zero-order valence-electron chi connectivity index (χ0n) is 16.2. The van der Waals surface area contributed by atoms with E-state index in [1.807, 2.05) is 79.1 Å². The van der Waals surface area contributed by atoms with Crippen molar-refractivity contribution in [2.24, 2.45) is 0 Å². The number of amides is 1. The number of aliphatic carboxylic acids is 1. The molecule has 2 N–H and O–H groups in total. The van der Waals surface area contributed by atoms with E-state index in [4.69, 9.17) is 0 Å². The maximum Gasteiger partial charge on any atom is 0.326 e. The second-order valence-electron chi connectivity index (χ2n) is 6.64. The first-order chi connectivity index (χ1) is 14.1. The monoisotopic (exact) mass is 405 g/mol. The highest BCUT2D eigenvalue weighted by Crippen LogP contribution is 2.30. The molecule has 5 heteroatoms. The second-order valence-corrected chi connectivity index (χ2v) is 7.62. The van der Waals surface area contributed by atoms with Crippen molar-refractivity contribution in [1.82, 2.24) is 5.32 Å². The Labute approximate surface area is 175 Å². The summed E-state index contributed by atoms with van der Waals surface area (Å²) in [6, 6.07) is 24.4. The summed E-state index contributed by atoms with van der Waals surface area (Å²) in [5, 5.41) is 12.1. The molecule has 0 aliphatic carbocycles. The minimum absolute atomic E-state index is 0.378. The quantitative estimate of drug-likeness (QED) is 0.556. The number of hydrogen-bond donors (Lipinski definition) is 2. The fourth-order valence-electron chi connectivity index (χ4n) is 3.14. The van der Waals surface area contributed by atoms with Crippen LogP contribution in [0.2, 0.25) is 0 Å². The van der Waals surface area contributed by atoms with Crippen LogP contribution in [0.25, 0.3) is 22.3 Å². The average Bonchev–Trinajstić information content (AvgIpc) is 2.77. The Morgan fingerprint density at radius 3 is 2.10 bits per heavy atom. The molecule has 148 valence electrons. The van der Waals surface area contributed by atoms with Crippen LogP contribution in [0.4, 0.5) is 0 Å². The fourth-order valence-corrected chi connectivity index (χ4v) is 3.61. The lowest BCUT2D eigenvalue weighted by molar-refractivity contribution is -0.139. The van der Waals surface area contributed by atoms with Crippen LogP contribution < -0.4 is 5.32 Å². The van der Waals surface area contributed by atoms with E-state index >= 15 is 0 Å². The molecule has 29 heavy (non-hydrogen) atoms. The van der Waals surface area contributed by atoms with Gasteiger partial charge in [-0.1, -0.05) is 66.7 Å². The topological polar surface area (TPSA) is 66.4 Å². The Bertz CT molecular complexity index is 974. The van der Waals surface area contributed by atoms with Crippen LogP contribution >= 0.6 is 11.8 Å². The van der Waals surface area contributed by atoms with Crippen molar-refractivity contribution in [2.75, 3.05) is 12.0 Å². The number of hydrogen-bond acceptors (Lipinski definition) is 3. The third-order valence-electron chi connectivity index (χ3n) is 4.67. The van der Waals surface area contributed by atoms with Gasteiger partial charge < -0.3 is 10.4 Å². The van der Waals surface area contributed by atoms with Gasteiger partial charge in [-0.05, 0) is 52.8 Å². The fraction of sp³-hybridized carbons (Fsp3) is 0.167. The summed E-state index contributed by atoms with van der Waals surface area (Å²) < 4.78 is 0. The van der Waals surface area contributed by atoms with Crippen LogP contribution in [0, 0.1) is 0 Å². The van der Waals surface area contributed by atoms with Crippen molar-refractivity contribution < 1.29 is 14.7 Å². The van der Waals surface area contributed by atoms with Gasteiger partial charge in [-0.3, -0.25) is 4.79 Å². The minimum atomic E-state index is -1.02. The van der Waals surface area contributed by atoms with Gasteiger partial charge in [0.15, 0.2) is 0 Å². The molecule has 3 aromatic carbocycles. The number of carbonyl (C=O) groups is 2. The summed E-state index contributed by atoms with van der Waals surface area (Å²) in [5.41, 5.74) is 4.20. The van der Waals surface area contributed by atoms with Crippen molar-refractivity contribution >= 4 is 23.6 Å². The highest BCUT2D eigenvalue weighted by atomic mass is 32.2. The Kier molecular flexibility index (Phi) is 7.09. The van der Waals surface area contributed by atoms with Crippen LogP contribution in [0.5, 0.6) is 0 Å². The number of rotatable bonds is 8. The van der Waals surface area contributed by atoms with Gasteiger partial charge in [0.2, 0.25) is 0 Å². The standard InChI is InChI=1S/C24H23NO3S/c1-29-15-14-22(24(27)28)25-23(26)20-13-12-19(17-8-4-2-5-9-17)16-21(20)18-10-6-3-7-11-18/h2-13,16,22H,14-15H2,1H3,(H,25,26)(H,27,28). The average molecular weight is 406 g/mol. The molecule has 3 aromatic rings. The summed E-state index contributed by atoms with van der Waals surface area (Å²) in [6.07, 6.45) is 2.29. The first kappa shape index (κ1) is 20.7. The van der Waals surface area contributed by atoms with Crippen molar-refractivity contribution in [3.8, 4) is 22.3 Å². The SMILES string of the molecule is CSCCC(NC(=O)c1ccc(-c2ccccc2)cc1-c1ccccc1)C(=O)O. The minimum Gasteiger partial charge on any atom is -0.480 e. The highest BCUT2D eigenvalue weighted by Gasteiger charge is 2.22. The van der Waals surface area contributed by atoms with Crippen LogP contribution in [0.3, 0.4) is 0 Å². The molecule has 0 radical (unpaired) electrons. The van der Waals surface area contributed by atoms with Crippen molar-refractivity contribution in [2.45, 2.75) is 12.5 Å². The van der Waals surface area contributed by atoms with Gasteiger partial charge in [0.1, 0.15) is 6.04 Å². The van der Waals surface area contributed by atoms with E-state index in [9.17, 15) is 14.7 Å². The molecular weight excluding hydrogens is 382 g/mol. The summed E-state index contributed by atoms with van der Waals surface area (Å²) >= 11 is 1.56. The zero-order valence-corrected chi connectivity index (χ0v) is 17.0. The maximum atomic E-state index is 13.0. The Morgan fingerprint density at radius 2 is 1.52 bits per heavy atom. The normalized spacial score (nSPS) is 11.6. The Balaban J connectivity index is 1.99. The van der Waals surface area contributed by atoms with E-state index in [0.29, 0.717) is 17.7 Å². The van der Waals surface area contributed by atoms with Crippen LogP contribution in [-0.2, 0) is 4.79 Å². The largest absolute Gasteiger partial charge is 0.480 e. The van der Waals surface area contributed by atoms with Gasteiger partial charge in [-0.2, -0.15) is 11.8 Å². The molecule has 1 unspecified atom stereocenters. The lowest BCUT2D eigenvalue weighted by Crippen LogP contribution is -2.41. The molecule has 0 bridgehead atoms. The van der Waals surface area contributed by atoms with Gasteiger partial charge in [-0.15, -0.1) is 0 Å². The Morgan fingerprint density at radius 1 is 0.897 bits per heavy atom. The molecule has 0 aliphatic rings. The summed E-state index contributed by atoms with van der Waals surface area (Å²) in [7, 11) is 0. The lowest BCUT2D eigenvalue weighted by atomic mass is 9.94. The molecule has 0 aromatic heterocycles. The zero-order chi connectivity index (χ0) is 20.6. The number of benzene rings is 3. The van der Waals surface area contributed by atoms with Crippen molar-refractivity contribution in [3.05, 3.63) is 84.4 Å². The van der Waals surface area contributed by atoms with Crippen LogP contribution in [0.1, 0.15) is 16.8 Å². The summed E-state index contributed by atoms with van der Waals surface area (Å²) in [5.74, 6) is -0.734. The van der Waals surface area contributed by atoms with E-state index in [-0.39, 0.29) is 5.91 Å². The molecule has 0 heterocycles. The third kappa shape index (κ3) is 5.27. The molecule has 0 saturated carbocycles. The molecule has 1 atom stereocenters. The van der Waals surface area contributed by atoms with E-state index < -0.39 is 12.0 Å². The molecular formula is C24H23NO3S. The third-order valence-corrected chi connectivity index (χ3v) is 5.31. The van der Waals surface area contributed by atoms with E-state index in [1.54, 1.807) is 17.8 Å². The molecule has 3 rings (SSSR count). The second kappa shape index (κ2) is 9.94. The van der Waals surface area contributed by atoms with Gasteiger partial charge >= 0.3 is 5.97 Å². The first-order valence-electron chi connectivity index (χ1n) is 9.37. The summed E-state index contributed by atoms with van der Waals surface area (Å²) in [4.78, 5) is 24.5. The van der Waals surface area contributed by atoms with Gasteiger partial charge in [0, 0.05) is 5.56 Å². The van der Waals surface area contributed by atoms with Gasteiger partial charge in [0.05, 0.1) is 0 Å². The molecule has 0 spiro atoms. The Hall–Kier alpha value is -3.05. The number of carbonyl (C=O) groups excluding carboxylic acids is 1. The number of carboxylic acids is 1. The van der Waals surface area contributed by atoms with E-state index in [0.717, 1.165) is 22.3 Å². The van der Waals surface area contributed by atoms with Crippen LogP contribution in [0.15, 0.2) is 78.9 Å². The lowest BCUT2D eigenvalue weighted by Gasteiger charge is -2.17. The summed E-state index contributed by atoms with van der Waals surface area (Å²) in [6.45, 7) is 0. The smallest absolute Gasteiger partial charge is 0.326 e. The first-order valence-corrected chi connectivity index (χ1v) is 10.8. The number of thioether (sulfide) groups is 1. The maximum absolute atomic E-state index is 13.0. The predicted octanol–water partition coefficient (Wildman–Crippen LogP) is 4.96. The molecule has 4 nitrogen and oxygen atoms in total. The predicted molar refractivity (Wildman–Crippen MR) is 119 cm³/mol. The van der Waals surface area contributed by atoms with Gasteiger partial charge in [-0.25, -0.2) is 4.79 Å². The van der Waals surface area contributed by atoms with Crippen molar-refractivity contribution in [1.29, 1.82) is 0 Å². The molecule has 0 fully saturated rings. The highest BCUT2D eigenvalue weighted by molar-refractivity contribution is 7.98. The number of nitrogens with one attached hydrogen (secondary N) is 1. The molecule has 1 amide bonds.